The summed E-state index contributed by atoms with van der Waals surface area (Å²) in [7, 11) is 0. The Kier molecular flexibility index (Phi) is 10.1. The van der Waals surface area contributed by atoms with Crippen molar-refractivity contribution in [3.8, 4) is 11.8 Å². The van der Waals surface area contributed by atoms with Crippen LogP contribution in [0.5, 0.6) is 11.8 Å². The summed E-state index contributed by atoms with van der Waals surface area (Å²) in [5.74, 6) is 1.47. The summed E-state index contributed by atoms with van der Waals surface area (Å²) in [4.78, 5) is 21.9. The van der Waals surface area contributed by atoms with Gasteiger partial charge in [0.2, 0.25) is 0 Å². The van der Waals surface area contributed by atoms with Gasteiger partial charge in [-0.1, -0.05) is 70.1 Å². The number of carbonyl (C=O) groups is 1. The fourth-order valence-corrected chi connectivity index (χ4v) is 6.63. The molecular weight excluding hydrogens is 518 g/mol. The summed E-state index contributed by atoms with van der Waals surface area (Å²) in [5.41, 5.74) is 1.66. The van der Waals surface area contributed by atoms with E-state index < -0.39 is 12.2 Å². The molecule has 2 unspecified atom stereocenters. The third-order valence-corrected chi connectivity index (χ3v) is 8.88. The van der Waals surface area contributed by atoms with Gasteiger partial charge in [-0.05, 0) is 25.0 Å². The van der Waals surface area contributed by atoms with Crippen molar-refractivity contribution < 1.29 is 19.7 Å². The number of piperazine rings is 1. The quantitative estimate of drug-likeness (QED) is 0.194. The maximum Gasteiger partial charge on any atom is 0.407 e. The smallest absolute Gasteiger partial charge is 0.407 e. The molecule has 2 aliphatic carbocycles. The van der Waals surface area contributed by atoms with Crippen LogP contribution in [0.1, 0.15) is 87.7 Å². The standard InChI is InChI=1S/C32H47N5O4/c1-2-3-4-5-6-7-8-10-16-34-32(40)41-26(22-35-17-19-36(20-18-35)27-12-9-11-15-33-27)23-37-30(38)28-24-13-14-25(21-24)29(28)31(37)39/h9,11-15,24-26,38-39H,2-8,10,16-23H2,1H3,(H,34,40)/t24-,25?,26?/m0/s1. The van der Waals surface area contributed by atoms with E-state index in [1.54, 1.807) is 0 Å². The Morgan fingerprint density at radius 1 is 0.951 bits per heavy atom. The van der Waals surface area contributed by atoms with Gasteiger partial charge in [-0.25, -0.2) is 9.78 Å². The molecule has 5 rings (SSSR count). The van der Waals surface area contributed by atoms with E-state index in [9.17, 15) is 15.0 Å². The number of pyridine rings is 1. The number of unbranched alkanes of at least 4 members (excludes halogenated alkanes) is 7. The zero-order valence-electron chi connectivity index (χ0n) is 24.5. The van der Waals surface area contributed by atoms with Crippen molar-refractivity contribution in [3.05, 3.63) is 47.7 Å². The molecule has 2 aromatic heterocycles. The lowest BCUT2D eigenvalue weighted by molar-refractivity contribution is 0.0557. The van der Waals surface area contributed by atoms with Gasteiger partial charge in [-0.3, -0.25) is 9.47 Å². The number of amides is 1. The van der Waals surface area contributed by atoms with Crippen molar-refractivity contribution in [1.29, 1.82) is 0 Å². The van der Waals surface area contributed by atoms with Crippen molar-refractivity contribution in [2.75, 3.05) is 44.2 Å². The number of ether oxygens (including phenoxy) is 1. The van der Waals surface area contributed by atoms with Crippen molar-refractivity contribution in [2.24, 2.45) is 0 Å². The zero-order chi connectivity index (χ0) is 28.6. The minimum atomic E-state index is -0.523. The van der Waals surface area contributed by atoms with Crippen molar-refractivity contribution in [1.82, 2.24) is 19.8 Å². The van der Waals surface area contributed by atoms with Gasteiger partial charge in [-0.2, -0.15) is 0 Å². The van der Waals surface area contributed by atoms with E-state index in [1.807, 2.05) is 24.4 Å². The molecule has 0 spiro atoms. The largest absolute Gasteiger partial charge is 0.494 e. The van der Waals surface area contributed by atoms with Crippen LogP contribution in [0.4, 0.5) is 10.6 Å². The van der Waals surface area contributed by atoms with Gasteiger partial charge in [-0.15, -0.1) is 0 Å². The second kappa shape index (κ2) is 14.1. The van der Waals surface area contributed by atoms with E-state index in [1.165, 1.54) is 43.1 Å². The normalized spacial score (nSPS) is 20.4. The highest BCUT2D eigenvalue weighted by Crippen LogP contribution is 2.56. The van der Waals surface area contributed by atoms with E-state index in [0.29, 0.717) is 13.1 Å². The highest BCUT2D eigenvalue weighted by atomic mass is 16.6. The first kappa shape index (κ1) is 29.3. The fourth-order valence-electron chi connectivity index (χ4n) is 6.63. The Morgan fingerprint density at radius 3 is 2.24 bits per heavy atom. The molecule has 2 aromatic rings. The summed E-state index contributed by atoms with van der Waals surface area (Å²) in [6, 6.07) is 5.95. The summed E-state index contributed by atoms with van der Waals surface area (Å²) >= 11 is 0. The van der Waals surface area contributed by atoms with Gasteiger partial charge < -0.3 is 25.2 Å². The molecule has 224 valence electrons. The molecule has 0 aromatic carbocycles. The SMILES string of the molecule is CCCCCCCCCCNC(=O)OC(CN1CCN(c2ccccn2)CC1)Cn1c(O)c2c(c1O)[C@H]1C=CC2C1. The van der Waals surface area contributed by atoms with E-state index >= 15 is 0 Å². The maximum absolute atomic E-state index is 12.8. The minimum absolute atomic E-state index is 0.0993. The molecule has 1 fully saturated rings. The van der Waals surface area contributed by atoms with Gasteiger partial charge in [0.25, 0.3) is 0 Å². The van der Waals surface area contributed by atoms with Crippen LogP contribution in [-0.4, -0.2) is 76.1 Å². The monoisotopic (exact) mass is 565 g/mol. The Bertz CT molecular complexity index is 1120. The molecule has 1 aliphatic heterocycles. The molecule has 3 aliphatic rings. The van der Waals surface area contributed by atoms with E-state index in [2.05, 4.69) is 39.2 Å². The van der Waals surface area contributed by atoms with Crippen molar-refractivity contribution in [3.63, 3.8) is 0 Å². The number of fused-ring (bicyclic) bond motifs is 5. The van der Waals surface area contributed by atoms with Crippen LogP contribution in [0.3, 0.4) is 0 Å². The number of aromatic nitrogens is 2. The van der Waals surface area contributed by atoms with Crippen LogP contribution in [0.2, 0.25) is 0 Å². The molecule has 0 radical (unpaired) electrons. The van der Waals surface area contributed by atoms with Crippen LogP contribution >= 0.6 is 0 Å². The van der Waals surface area contributed by atoms with Crippen molar-refractivity contribution in [2.45, 2.75) is 89.2 Å². The second-order valence-corrected chi connectivity index (χ2v) is 11.8. The second-order valence-electron chi connectivity index (χ2n) is 11.8. The number of hydrogen-bond acceptors (Lipinski definition) is 7. The number of carbonyl (C=O) groups excluding carboxylic acids is 1. The molecule has 41 heavy (non-hydrogen) atoms. The molecule has 3 N–H and O–H groups in total. The number of rotatable bonds is 15. The highest BCUT2D eigenvalue weighted by Gasteiger charge is 2.41. The number of hydrogen-bond donors (Lipinski definition) is 3. The third kappa shape index (κ3) is 7.18. The summed E-state index contributed by atoms with van der Waals surface area (Å²) in [6.45, 7) is 6.83. The molecule has 0 saturated carbocycles. The van der Waals surface area contributed by atoms with Crippen molar-refractivity contribution >= 4 is 11.9 Å². The zero-order valence-corrected chi connectivity index (χ0v) is 24.5. The summed E-state index contributed by atoms with van der Waals surface area (Å²) in [5, 5.41) is 25.1. The number of anilines is 1. The summed E-state index contributed by atoms with van der Waals surface area (Å²) in [6.07, 6.45) is 15.7. The van der Waals surface area contributed by atoms with Crippen LogP contribution in [0.25, 0.3) is 0 Å². The fraction of sp³-hybridized carbons (Fsp3) is 0.625. The minimum Gasteiger partial charge on any atom is -0.494 e. The first-order valence-corrected chi connectivity index (χ1v) is 15.7. The van der Waals surface area contributed by atoms with Crippen LogP contribution in [-0.2, 0) is 11.3 Å². The van der Waals surface area contributed by atoms with Gasteiger partial charge in [0.15, 0.2) is 11.8 Å². The number of nitrogens with one attached hydrogen (secondary N) is 1. The number of aromatic hydroxyl groups is 2. The molecule has 3 atom stereocenters. The Labute approximate surface area is 244 Å². The Balaban J connectivity index is 1.16. The number of alkyl carbamates (subject to hydrolysis) is 1. The topological polar surface area (TPSA) is 103 Å². The van der Waals surface area contributed by atoms with Crippen LogP contribution in [0.15, 0.2) is 36.5 Å². The number of nitrogens with zero attached hydrogens (tertiary/aromatic N) is 4. The average Bonchev–Trinajstić information content (AvgIpc) is 3.67. The van der Waals surface area contributed by atoms with E-state index in [-0.39, 0.29) is 30.1 Å². The van der Waals surface area contributed by atoms with E-state index in [4.69, 9.17) is 4.74 Å². The molecule has 2 bridgehead atoms. The highest BCUT2D eigenvalue weighted by molar-refractivity contribution is 5.67. The Morgan fingerprint density at radius 2 is 1.61 bits per heavy atom. The van der Waals surface area contributed by atoms with Crippen LogP contribution < -0.4 is 10.2 Å². The van der Waals surface area contributed by atoms with E-state index in [0.717, 1.165) is 62.4 Å². The van der Waals surface area contributed by atoms with Gasteiger partial charge in [0.1, 0.15) is 11.9 Å². The molecule has 3 heterocycles. The third-order valence-electron chi connectivity index (χ3n) is 8.88. The lowest BCUT2D eigenvalue weighted by Gasteiger charge is -2.36. The molecular formula is C32H47N5O4. The predicted molar refractivity (Wildman–Crippen MR) is 161 cm³/mol. The summed E-state index contributed by atoms with van der Waals surface area (Å²) < 4.78 is 7.48. The van der Waals surface area contributed by atoms with Gasteiger partial charge in [0.05, 0.1) is 6.54 Å². The Hall–Kier alpha value is -3.20. The lowest BCUT2D eigenvalue weighted by Crippen LogP contribution is -2.50. The van der Waals surface area contributed by atoms with Crippen LogP contribution in [0, 0.1) is 0 Å². The molecule has 1 amide bonds. The maximum atomic E-state index is 12.8. The average molecular weight is 566 g/mol. The van der Waals surface area contributed by atoms with Gasteiger partial charge >= 0.3 is 6.09 Å². The van der Waals surface area contributed by atoms with Gasteiger partial charge in [0, 0.05) is 68.4 Å². The first-order chi connectivity index (χ1) is 20.0. The molecule has 9 nitrogen and oxygen atoms in total. The molecule has 9 heteroatoms. The first-order valence-electron chi connectivity index (χ1n) is 15.7. The number of allylic oxidation sites excluding steroid dienone is 2. The molecule has 1 saturated heterocycles. The predicted octanol–water partition coefficient (Wildman–Crippen LogP) is 5.49. The lowest BCUT2D eigenvalue weighted by atomic mass is 10.0.